The van der Waals surface area contributed by atoms with Crippen molar-refractivity contribution in [2.45, 2.75) is 13.0 Å². The number of aryl methyl sites for hydroxylation is 1. The van der Waals surface area contributed by atoms with Crippen molar-refractivity contribution in [2.75, 3.05) is 6.54 Å². The van der Waals surface area contributed by atoms with Gasteiger partial charge in [-0.05, 0) is 23.9 Å². The average molecular weight is 192 g/mol. The van der Waals surface area contributed by atoms with Crippen LogP contribution in [-0.2, 0) is 0 Å². The summed E-state index contributed by atoms with van der Waals surface area (Å²) in [7, 11) is 0. The Morgan fingerprint density at radius 2 is 2.62 bits per heavy atom. The van der Waals surface area contributed by atoms with Crippen LogP contribution in [0.2, 0.25) is 0 Å². The molecule has 1 N–H and O–H groups in total. The Hall–Kier alpha value is -1.11. The van der Waals surface area contributed by atoms with Crippen LogP contribution in [0.1, 0.15) is 16.5 Å². The number of nitrogens with one attached hydrogen (secondary N) is 1. The minimum Gasteiger partial charge on any atom is -0.294 e. The lowest BCUT2D eigenvalue weighted by molar-refractivity contribution is 0.691. The molecule has 1 rings (SSSR count). The Labute approximate surface area is 82.5 Å². The second-order valence-electron chi connectivity index (χ2n) is 2.73. The molecule has 0 radical (unpaired) electrons. The molecular weight excluding hydrogens is 180 g/mol. The maximum Gasteiger partial charge on any atom is 0.131 e. The van der Waals surface area contributed by atoms with Crippen molar-refractivity contribution >= 4 is 11.3 Å². The van der Waals surface area contributed by atoms with E-state index in [9.17, 15) is 0 Å². The Morgan fingerprint density at radius 1 is 1.85 bits per heavy atom. The number of hydrogen-bond acceptors (Lipinski definition) is 3. The molecule has 0 bridgehead atoms. The SMILES string of the molecule is C=CCNC(C#N)c1sccc1C. The summed E-state index contributed by atoms with van der Waals surface area (Å²) in [5.74, 6) is 0. The van der Waals surface area contributed by atoms with Crippen molar-refractivity contribution in [2.24, 2.45) is 0 Å². The van der Waals surface area contributed by atoms with Crippen LogP contribution in [-0.4, -0.2) is 6.54 Å². The standard InChI is InChI=1S/C10H12N2S/c1-3-5-12-9(7-11)10-8(2)4-6-13-10/h3-4,6,9,12H,1,5H2,2H3. The maximum atomic E-state index is 8.91. The van der Waals surface area contributed by atoms with Gasteiger partial charge in [0.25, 0.3) is 0 Å². The molecule has 1 unspecified atom stereocenters. The van der Waals surface area contributed by atoms with Crippen LogP contribution in [0.4, 0.5) is 0 Å². The molecule has 13 heavy (non-hydrogen) atoms. The van der Waals surface area contributed by atoms with Gasteiger partial charge in [-0.3, -0.25) is 5.32 Å². The van der Waals surface area contributed by atoms with Crippen molar-refractivity contribution in [3.63, 3.8) is 0 Å². The van der Waals surface area contributed by atoms with E-state index < -0.39 is 0 Å². The minimum absolute atomic E-state index is 0.196. The fraction of sp³-hybridized carbons (Fsp3) is 0.300. The Morgan fingerprint density at radius 3 is 3.08 bits per heavy atom. The van der Waals surface area contributed by atoms with Crippen molar-refractivity contribution in [1.82, 2.24) is 5.32 Å². The highest BCUT2D eigenvalue weighted by atomic mass is 32.1. The molecule has 1 aromatic heterocycles. The third-order valence-corrected chi connectivity index (χ3v) is 2.84. The van der Waals surface area contributed by atoms with Gasteiger partial charge < -0.3 is 0 Å². The van der Waals surface area contributed by atoms with Crippen molar-refractivity contribution < 1.29 is 0 Å². The molecule has 0 aliphatic rings. The number of hydrogen-bond donors (Lipinski definition) is 1. The summed E-state index contributed by atoms with van der Waals surface area (Å²) in [6.45, 7) is 6.28. The van der Waals surface area contributed by atoms with E-state index in [2.05, 4.69) is 18.0 Å². The topological polar surface area (TPSA) is 35.8 Å². The van der Waals surface area contributed by atoms with Gasteiger partial charge in [-0.1, -0.05) is 6.08 Å². The zero-order chi connectivity index (χ0) is 9.68. The van der Waals surface area contributed by atoms with Crippen molar-refractivity contribution in [3.05, 3.63) is 34.5 Å². The molecule has 0 fully saturated rings. The van der Waals surface area contributed by atoms with Gasteiger partial charge in [-0.15, -0.1) is 17.9 Å². The number of thiophene rings is 1. The number of rotatable bonds is 4. The first-order chi connectivity index (χ1) is 6.29. The second kappa shape index (κ2) is 4.80. The van der Waals surface area contributed by atoms with E-state index in [1.807, 2.05) is 18.4 Å². The first-order valence-corrected chi connectivity index (χ1v) is 4.95. The Bertz CT molecular complexity index is 322. The van der Waals surface area contributed by atoms with Crippen LogP contribution < -0.4 is 5.32 Å². The zero-order valence-corrected chi connectivity index (χ0v) is 8.40. The molecule has 0 saturated heterocycles. The molecule has 0 aromatic carbocycles. The maximum absolute atomic E-state index is 8.91. The van der Waals surface area contributed by atoms with Gasteiger partial charge in [-0.2, -0.15) is 5.26 Å². The quantitative estimate of drug-likeness (QED) is 0.743. The smallest absolute Gasteiger partial charge is 0.131 e. The summed E-state index contributed by atoms with van der Waals surface area (Å²) in [6.07, 6.45) is 1.76. The van der Waals surface area contributed by atoms with Crippen LogP contribution >= 0.6 is 11.3 Å². The summed E-state index contributed by atoms with van der Waals surface area (Å²) in [6, 6.07) is 4.06. The highest BCUT2D eigenvalue weighted by Gasteiger charge is 2.12. The van der Waals surface area contributed by atoms with Gasteiger partial charge in [0.1, 0.15) is 6.04 Å². The first kappa shape index (κ1) is 9.97. The normalized spacial score (nSPS) is 12.0. The van der Waals surface area contributed by atoms with Gasteiger partial charge in [0, 0.05) is 11.4 Å². The van der Waals surface area contributed by atoms with Gasteiger partial charge >= 0.3 is 0 Å². The molecule has 0 aliphatic carbocycles. The first-order valence-electron chi connectivity index (χ1n) is 4.07. The summed E-state index contributed by atoms with van der Waals surface area (Å²) in [5, 5.41) is 14.0. The fourth-order valence-electron chi connectivity index (χ4n) is 1.08. The van der Waals surface area contributed by atoms with Gasteiger partial charge in [0.15, 0.2) is 0 Å². The summed E-state index contributed by atoms with van der Waals surface area (Å²) in [5.41, 5.74) is 1.17. The molecular formula is C10H12N2S. The summed E-state index contributed by atoms with van der Waals surface area (Å²) < 4.78 is 0. The Kier molecular flexibility index (Phi) is 3.69. The lowest BCUT2D eigenvalue weighted by Gasteiger charge is -2.08. The zero-order valence-electron chi connectivity index (χ0n) is 7.58. The Balaban J connectivity index is 2.73. The van der Waals surface area contributed by atoms with Gasteiger partial charge in [0.05, 0.1) is 6.07 Å². The van der Waals surface area contributed by atoms with E-state index in [0.717, 1.165) is 4.88 Å². The average Bonchev–Trinajstić information content (AvgIpc) is 2.54. The summed E-state index contributed by atoms with van der Waals surface area (Å²) in [4.78, 5) is 1.10. The predicted molar refractivity (Wildman–Crippen MR) is 55.6 cm³/mol. The van der Waals surface area contributed by atoms with Crippen molar-refractivity contribution in [1.29, 1.82) is 5.26 Å². The summed E-state index contributed by atoms with van der Waals surface area (Å²) >= 11 is 1.61. The lowest BCUT2D eigenvalue weighted by Crippen LogP contribution is -2.19. The van der Waals surface area contributed by atoms with E-state index in [1.165, 1.54) is 5.56 Å². The van der Waals surface area contributed by atoms with E-state index in [4.69, 9.17) is 5.26 Å². The van der Waals surface area contributed by atoms with Crippen LogP contribution in [0.15, 0.2) is 24.1 Å². The molecule has 1 atom stereocenters. The van der Waals surface area contributed by atoms with E-state index in [1.54, 1.807) is 17.4 Å². The minimum atomic E-state index is -0.196. The van der Waals surface area contributed by atoms with Crippen LogP contribution in [0.5, 0.6) is 0 Å². The molecule has 0 amide bonds. The molecule has 1 aromatic rings. The largest absolute Gasteiger partial charge is 0.294 e. The van der Waals surface area contributed by atoms with Crippen LogP contribution in [0, 0.1) is 18.3 Å². The third-order valence-electron chi connectivity index (χ3n) is 1.76. The second-order valence-corrected chi connectivity index (χ2v) is 3.67. The van der Waals surface area contributed by atoms with Crippen LogP contribution in [0.25, 0.3) is 0 Å². The van der Waals surface area contributed by atoms with Crippen molar-refractivity contribution in [3.8, 4) is 6.07 Å². The number of nitrogens with zero attached hydrogens (tertiary/aromatic N) is 1. The van der Waals surface area contributed by atoms with E-state index in [0.29, 0.717) is 6.54 Å². The lowest BCUT2D eigenvalue weighted by atomic mass is 10.2. The molecule has 1 heterocycles. The molecule has 0 saturated carbocycles. The molecule has 2 nitrogen and oxygen atoms in total. The number of nitriles is 1. The third kappa shape index (κ3) is 2.41. The molecule has 0 spiro atoms. The highest BCUT2D eigenvalue weighted by molar-refractivity contribution is 7.10. The van der Waals surface area contributed by atoms with Gasteiger partial charge in [-0.25, -0.2) is 0 Å². The fourth-order valence-corrected chi connectivity index (χ4v) is 2.02. The van der Waals surface area contributed by atoms with E-state index >= 15 is 0 Å². The monoisotopic (exact) mass is 192 g/mol. The molecule has 68 valence electrons. The van der Waals surface area contributed by atoms with E-state index in [-0.39, 0.29) is 6.04 Å². The van der Waals surface area contributed by atoms with Crippen LogP contribution in [0.3, 0.4) is 0 Å². The predicted octanol–water partition coefficient (Wildman–Crippen LogP) is 2.40. The molecule has 0 aliphatic heterocycles. The molecule has 3 heteroatoms. The van der Waals surface area contributed by atoms with Gasteiger partial charge in [0.2, 0.25) is 0 Å². The highest BCUT2D eigenvalue weighted by Crippen LogP contribution is 2.22.